The predicted octanol–water partition coefficient (Wildman–Crippen LogP) is 6.22. The zero-order valence-corrected chi connectivity index (χ0v) is 27.4. The van der Waals surface area contributed by atoms with Gasteiger partial charge in [0.2, 0.25) is 0 Å². The molecular weight excluding hydrogens is 684 g/mol. The largest absolute Gasteiger partial charge is 0.493 e. The predicted molar refractivity (Wildman–Crippen MR) is 171 cm³/mol. The van der Waals surface area contributed by atoms with E-state index < -0.39 is 12.0 Å². The fourth-order valence-electron chi connectivity index (χ4n) is 4.71. The summed E-state index contributed by atoms with van der Waals surface area (Å²) in [5.41, 5.74) is 4.28. The molecule has 0 bridgehead atoms. The van der Waals surface area contributed by atoms with Gasteiger partial charge in [0.05, 0.1) is 40.0 Å². The minimum atomic E-state index is -0.654. The first kappa shape index (κ1) is 30.0. The van der Waals surface area contributed by atoms with Crippen molar-refractivity contribution in [2.45, 2.75) is 33.4 Å². The number of halogens is 2. The van der Waals surface area contributed by atoms with Gasteiger partial charge in [0.1, 0.15) is 6.61 Å². The lowest BCUT2D eigenvalue weighted by Gasteiger charge is -2.24. The van der Waals surface area contributed by atoms with Crippen molar-refractivity contribution < 1.29 is 19.0 Å². The van der Waals surface area contributed by atoms with Gasteiger partial charge in [-0.3, -0.25) is 9.36 Å². The number of benzene rings is 3. The number of methoxy groups -OCH3 is 1. The fraction of sp³-hybridized carbons (Fsp3) is 0.219. The maximum atomic E-state index is 13.9. The molecule has 10 heteroatoms. The lowest BCUT2D eigenvalue weighted by atomic mass is 9.95. The molecule has 0 saturated carbocycles. The molecule has 0 saturated heterocycles. The zero-order valence-electron chi connectivity index (χ0n) is 23.4. The number of aromatic nitrogens is 1. The monoisotopic (exact) mass is 710 g/mol. The van der Waals surface area contributed by atoms with Crippen LogP contribution >= 0.6 is 43.2 Å². The summed E-state index contributed by atoms with van der Waals surface area (Å²) in [7, 11) is 1.58. The Morgan fingerprint density at radius 2 is 1.79 bits per heavy atom. The minimum absolute atomic E-state index is 0.222. The van der Waals surface area contributed by atoms with Crippen molar-refractivity contribution in [2.24, 2.45) is 4.99 Å². The Balaban J connectivity index is 1.56. The molecule has 0 radical (unpaired) electrons. The van der Waals surface area contributed by atoms with Crippen LogP contribution in [-0.2, 0) is 16.1 Å². The second-order valence-corrected chi connectivity index (χ2v) is 12.4. The van der Waals surface area contributed by atoms with Gasteiger partial charge in [0.15, 0.2) is 16.3 Å². The smallest absolute Gasteiger partial charge is 0.338 e. The molecule has 7 nitrogen and oxygen atoms in total. The van der Waals surface area contributed by atoms with Crippen LogP contribution in [0.25, 0.3) is 6.08 Å². The van der Waals surface area contributed by atoms with E-state index in [0.29, 0.717) is 43.2 Å². The number of rotatable bonds is 8. The quantitative estimate of drug-likeness (QED) is 0.203. The van der Waals surface area contributed by atoms with E-state index in [1.165, 1.54) is 11.3 Å². The number of carbonyl (C=O) groups is 1. The molecule has 1 aliphatic heterocycles. The van der Waals surface area contributed by atoms with Gasteiger partial charge in [-0.05, 0) is 83.7 Å². The highest BCUT2D eigenvalue weighted by atomic mass is 79.9. The molecule has 1 aromatic heterocycles. The van der Waals surface area contributed by atoms with Gasteiger partial charge in [0, 0.05) is 4.47 Å². The molecule has 3 aromatic carbocycles. The van der Waals surface area contributed by atoms with Gasteiger partial charge in [-0.2, -0.15) is 0 Å². The molecule has 1 atom stereocenters. The molecule has 0 N–H and O–H groups in total. The first-order valence-electron chi connectivity index (χ1n) is 13.2. The van der Waals surface area contributed by atoms with Crippen LogP contribution in [-0.4, -0.2) is 24.3 Å². The average Bonchev–Trinajstić information content (AvgIpc) is 3.26. The number of hydrogen-bond acceptors (Lipinski definition) is 7. The molecular formula is C32H28Br2N2O5S. The number of esters is 1. The normalized spacial score (nSPS) is 14.8. The van der Waals surface area contributed by atoms with E-state index in [9.17, 15) is 9.59 Å². The second-order valence-electron chi connectivity index (χ2n) is 9.66. The molecule has 0 amide bonds. The van der Waals surface area contributed by atoms with E-state index in [-0.39, 0.29) is 12.2 Å². The van der Waals surface area contributed by atoms with Crippen molar-refractivity contribution in [3.63, 3.8) is 0 Å². The lowest BCUT2D eigenvalue weighted by molar-refractivity contribution is -0.139. The third-order valence-corrected chi connectivity index (χ3v) is 8.86. The van der Waals surface area contributed by atoms with Gasteiger partial charge >= 0.3 is 5.97 Å². The van der Waals surface area contributed by atoms with Crippen molar-refractivity contribution in [3.05, 3.63) is 123 Å². The van der Waals surface area contributed by atoms with Gasteiger partial charge in [-0.1, -0.05) is 69.2 Å². The Bertz CT molecular complexity index is 1860. The van der Waals surface area contributed by atoms with Crippen molar-refractivity contribution in [1.29, 1.82) is 0 Å². The minimum Gasteiger partial charge on any atom is -0.493 e. The Hall–Kier alpha value is -3.47. The van der Waals surface area contributed by atoms with Crippen LogP contribution in [0.15, 0.2) is 90.7 Å². The van der Waals surface area contributed by atoms with Crippen LogP contribution in [0.4, 0.5) is 0 Å². The SMILES string of the molecule is CCOC(=O)C1=C(C)N=c2s/c(=C/c3cc(Br)c(OCc4ccc(Br)cc4)c(OC)c3)c(=O)n2[C@@H]1c1ccc(C)cc1. The molecule has 0 unspecified atom stereocenters. The highest BCUT2D eigenvalue weighted by molar-refractivity contribution is 9.10. The Morgan fingerprint density at radius 1 is 1.07 bits per heavy atom. The van der Waals surface area contributed by atoms with Gasteiger partial charge in [0.25, 0.3) is 5.56 Å². The number of aryl methyl sites for hydroxylation is 1. The van der Waals surface area contributed by atoms with E-state index in [2.05, 4.69) is 36.9 Å². The maximum Gasteiger partial charge on any atom is 0.338 e. The highest BCUT2D eigenvalue weighted by Crippen LogP contribution is 2.37. The average molecular weight is 712 g/mol. The molecule has 2 heterocycles. The molecule has 0 aliphatic carbocycles. The van der Waals surface area contributed by atoms with E-state index >= 15 is 0 Å². The number of thiazole rings is 1. The maximum absolute atomic E-state index is 13.9. The lowest BCUT2D eigenvalue weighted by Crippen LogP contribution is -2.39. The first-order chi connectivity index (χ1) is 20.2. The molecule has 1 aliphatic rings. The van der Waals surface area contributed by atoms with Gasteiger partial charge in [-0.15, -0.1) is 0 Å². The van der Waals surface area contributed by atoms with Gasteiger partial charge in [-0.25, -0.2) is 9.79 Å². The van der Waals surface area contributed by atoms with Crippen LogP contribution in [0.2, 0.25) is 0 Å². The van der Waals surface area contributed by atoms with E-state index in [1.807, 2.05) is 67.6 Å². The third-order valence-electron chi connectivity index (χ3n) is 6.76. The summed E-state index contributed by atoms with van der Waals surface area (Å²) in [6, 6.07) is 18.7. The van der Waals surface area contributed by atoms with Crippen molar-refractivity contribution >= 4 is 55.2 Å². The summed E-state index contributed by atoms with van der Waals surface area (Å²) >= 11 is 8.34. The van der Waals surface area contributed by atoms with Crippen LogP contribution < -0.4 is 24.4 Å². The molecule has 42 heavy (non-hydrogen) atoms. The van der Waals surface area contributed by atoms with Crippen molar-refractivity contribution in [1.82, 2.24) is 4.57 Å². The van der Waals surface area contributed by atoms with Crippen LogP contribution in [0.3, 0.4) is 0 Å². The standard InChI is InChI=1S/C32H28Br2N2O5S/c1-5-40-31(38)27-19(3)35-32-36(28(27)22-10-6-18(2)7-11-22)30(37)26(42-32)16-21-14-24(34)29(25(15-21)39-4)41-17-20-8-12-23(33)13-9-20/h6-16,28H,5,17H2,1-4H3/b26-16+/t28-/m1/s1. The topological polar surface area (TPSA) is 79.1 Å². The van der Waals surface area contributed by atoms with Crippen LogP contribution in [0.5, 0.6) is 11.5 Å². The summed E-state index contributed by atoms with van der Waals surface area (Å²) in [4.78, 5) is 32.2. The number of nitrogens with zero attached hydrogens (tertiary/aromatic N) is 2. The summed E-state index contributed by atoms with van der Waals surface area (Å²) < 4.78 is 20.9. The number of allylic oxidation sites excluding steroid dienone is 1. The van der Waals surface area contributed by atoms with Crippen molar-refractivity contribution in [3.8, 4) is 11.5 Å². The number of fused-ring (bicyclic) bond motifs is 1. The van der Waals surface area contributed by atoms with E-state index in [4.69, 9.17) is 14.2 Å². The zero-order chi connectivity index (χ0) is 30.0. The molecule has 0 spiro atoms. The number of carbonyl (C=O) groups excluding carboxylic acids is 1. The Kier molecular flexibility index (Phi) is 9.15. The summed E-state index contributed by atoms with van der Waals surface area (Å²) in [6.45, 7) is 6.11. The Morgan fingerprint density at radius 3 is 2.45 bits per heavy atom. The molecule has 0 fully saturated rings. The third kappa shape index (κ3) is 6.16. The van der Waals surface area contributed by atoms with Crippen molar-refractivity contribution in [2.75, 3.05) is 13.7 Å². The second kappa shape index (κ2) is 12.8. The molecule has 5 rings (SSSR count). The van der Waals surface area contributed by atoms with Crippen LogP contribution in [0.1, 0.15) is 42.1 Å². The van der Waals surface area contributed by atoms with E-state index in [0.717, 1.165) is 26.7 Å². The fourth-order valence-corrected chi connectivity index (χ4v) is 6.59. The number of ether oxygens (including phenoxy) is 3. The molecule has 216 valence electrons. The highest BCUT2D eigenvalue weighted by Gasteiger charge is 2.33. The molecule has 4 aromatic rings. The van der Waals surface area contributed by atoms with E-state index in [1.54, 1.807) is 31.6 Å². The first-order valence-corrected chi connectivity index (χ1v) is 15.6. The summed E-state index contributed by atoms with van der Waals surface area (Å²) in [5, 5.41) is 0. The summed E-state index contributed by atoms with van der Waals surface area (Å²) in [6.07, 6.45) is 1.80. The Labute approximate surface area is 264 Å². The number of hydrogen-bond donors (Lipinski definition) is 0. The van der Waals surface area contributed by atoms with Crippen LogP contribution in [0, 0.1) is 6.92 Å². The summed E-state index contributed by atoms with van der Waals surface area (Å²) in [5.74, 6) is 0.609. The van der Waals surface area contributed by atoms with Gasteiger partial charge < -0.3 is 14.2 Å².